The molecule has 0 radical (unpaired) electrons. The summed E-state index contributed by atoms with van der Waals surface area (Å²) in [6, 6.07) is 10.7. The lowest BCUT2D eigenvalue weighted by Crippen LogP contribution is -2.13. The fourth-order valence-corrected chi connectivity index (χ4v) is 4.05. The fraction of sp³-hybridized carbons (Fsp3) is 0.0870. The van der Waals surface area contributed by atoms with Crippen molar-refractivity contribution in [3.05, 3.63) is 75.6 Å². The van der Waals surface area contributed by atoms with E-state index in [9.17, 15) is 18.0 Å². The quantitative estimate of drug-likeness (QED) is 0.231. The van der Waals surface area contributed by atoms with Crippen LogP contribution in [0.2, 0.25) is 10.0 Å². The van der Waals surface area contributed by atoms with Gasteiger partial charge in [0, 0.05) is 12.6 Å². The summed E-state index contributed by atoms with van der Waals surface area (Å²) in [4.78, 5) is 25.0. The summed E-state index contributed by atoms with van der Waals surface area (Å²) in [6.45, 7) is 1.63. The van der Waals surface area contributed by atoms with Crippen LogP contribution < -0.4 is 10.6 Å². The number of aromatic amines is 1. The van der Waals surface area contributed by atoms with Crippen molar-refractivity contribution in [2.45, 2.75) is 13.1 Å². The number of nitrogens with zero attached hydrogens (tertiary/aromatic N) is 2. The fourth-order valence-electron chi connectivity index (χ4n) is 3.56. The highest BCUT2D eigenvalue weighted by Gasteiger charge is 2.30. The molecule has 0 aliphatic carbocycles. The number of aromatic nitrogens is 3. The normalized spacial score (nSPS) is 11.8. The van der Waals surface area contributed by atoms with Crippen LogP contribution in [0.15, 0.2) is 52.9 Å². The highest BCUT2D eigenvalue weighted by molar-refractivity contribution is 6.39. The van der Waals surface area contributed by atoms with Crippen LogP contribution in [0.25, 0.3) is 22.1 Å². The van der Waals surface area contributed by atoms with Gasteiger partial charge in [0.25, 0.3) is 5.91 Å². The molecule has 3 N–H and O–H groups in total. The molecule has 5 rings (SSSR count). The monoisotopic (exact) mass is 519 g/mol. The number of carbonyl (C=O) groups excluding carboxylic acids is 1. The zero-order chi connectivity index (χ0) is 24.9. The summed E-state index contributed by atoms with van der Waals surface area (Å²) < 4.78 is 44.1. The van der Waals surface area contributed by atoms with Gasteiger partial charge in [-0.15, -0.1) is 0 Å². The van der Waals surface area contributed by atoms with E-state index in [4.69, 9.17) is 27.6 Å². The second-order valence-electron chi connectivity index (χ2n) is 7.57. The van der Waals surface area contributed by atoms with Crippen molar-refractivity contribution >= 4 is 68.6 Å². The smallest absolute Gasteiger partial charge is 0.416 e. The van der Waals surface area contributed by atoms with E-state index in [2.05, 4.69) is 25.6 Å². The molecule has 0 unspecified atom stereocenters. The molecule has 0 saturated heterocycles. The van der Waals surface area contributed by atoms with E-state index in [0.717, 1.165) is 12.1 Å². The molecular weight excluding hydrogens is 506 g/mol. The Morgan fingerprint density at radius 3 is 2.40 bits per heavy atom. The van der Waals surface area contributed by atoms with Gasteiger partial charge in [-0.3, -0.25) is 4.79 Å². The van der Waals surface area contributed by atoms with Gasteiger partial charge in [0.2, 0.25) is 5.95 Å². The number of amides is 1. The molecule has 3 aromatic carbocycles. The van der Waals surface area contributed by atoms with Crippen LogP contribution in [0.5, 0.6) is 0 Å². The zero-order valence-electron chi connectivity index (χ0n) is 17.7. The molecule has 35 heavy (non-hydrogen) atoms. The predicted molar refractivity (Wildman–Crippen MR) is 128 cm³/mol. The number of hydrogen-bond acceptors (Lipinski definition) is 5. The Morgan fingerprint density at radius 1 is 1.06 bits per heavy atom. The largest absolute Gasteiger partial charge is 0.440 e. The molecule has 0 aliphatic heterocycles. The molecule has 2 heterocycles. The number of H-pyrrole nitrogens is 1. The van der Waals surface area contributed by atoms with Crippen LogP contribution in [0, 0.1) is 6.92 Å². The maximum Gasteiger partial charge on any atom is 0.416 e. The predicted octanol–water partition coefficient (Wildman–Crippen LogP) is 7.33. The van der Waals surface area contributed by atoms with Gasteiger partial charge in [-0.2, -0.15) is 13.2 Å². The number of aryl methyl sites for hydroxylation is 1. The minimum Gasteiger partial charge on any atom is -0.440 e. The van der Waals surface area contributed by atoms with Gasteiger partial charge in [0.15, 0.2) is 11.5 Å². The third-order valence-electron chi connectivity index (χ3n) is 5.15. The van der Waals surface area contributed by atoms with Gasteiger partial charge >= 0.3 is 6.18 Å². The van der Waals surface area contributed by atoms with Crippen LogP contribution in [-0.2, 0) is 6.18 Å². The first-order valence-electron chi connectivity index (χ1n) is 10.1. The SMILES string of the molecule is Cc1nc2c(o1)c(C(=O)Nc1ccc(C(F)(F)F)cc1)cc1nc(Nc3c(Cl)cccc3Cl)[nH]c12. The van der Waals surface area contributed by atoms with E-state index in [1.54, 1.807) is 25.1 Å². The van der Waals surface area contributed by atoms with Gasteiger partial charge in [0.05, 0.1) is 37.9 Å². The van der Waals surface area contributed by atoms with Crippen molar-refractivity contribution in [1.82, 2.24) is 15.0 Å². The number of hydrogen-bond donors (Lipinski definition) is 3. The topological polar surface area (TPSA) is 95.8 Å². The molecule has 0 atom stereocenters. The summed E-state index contributed by atoms with van der Waals surface area (Å²) in [6.07, 6.45) is -4.48. The molecule has 7 nitrogen and oxygen atoms in total. The van der Waals surface area contributed by atoms with E-state index in [1.807, 2.05) is 0 Å². The lowest BCUT2D eigenvalue weighted by atomic mass is 10.1. The van der Waals surface area contributed by atoms with E-state index < -0.39 is 17.6 Å². The molecule has 5 aromatic rings. The first kappa shape index (κ1) is 23.0. The summed E-state index contributed by atoms with van der Waals surface area (Å²) in [5, 5.41) is 6.38. The molecule has 178 valence electrons. The molecule has 0 spiro atoms. The summed E-state index contributed by atoms with van der Waals surface area (Å²) >= 11 is 12.4. The zero-order valence-corrected chi connectivity index (χ0v) is 19.2. The highest BCUT2D eigenvalue weighted by atomic mass is 35.5. The van der Waals surface area contributed by atoms with Crippen LogP contribution >= 0.6 is 23.2 Å². The van der Waals surface area contributed by atoms with E-state index in [1.165, 1.54) is 18.2 Å². The summed E-state index contributed by atoms with van der Waals surface area (Å²) in [5.41, 5.74) is 1.39. The molecule has 12 heteroatoms. The number of carbonyl (C=O) groups is 1. The maximum absolute atomic E-state index is 13.0. The van der Waals surface area contributed by atoms with Crippen molar-refractivity contribution < 1.29 is 22.4 Å². The van der Waals surface area contributed by atoms with Crippen molar-refractivity contribution in [3.8, 4) is 0 Å². The third kappa shape index (κ3) is 4.38. The van der Waals surface area contributed by atoms with Crippen molar-refractivity contribution in [1.29, 1.82) is 0 Å². The van der Waals surface area contributed by atoms with Crippen LogP contribution in [0.1, 0.15) is 21.8 Å². The number of oxazole rings is 1. The average molecular weight is 520 g/mol. The minimum atomic E-state index is -4.48. The van der Waals surface area contributed by atoms with E-state index in [0.29, 0.717) is 44.1 Å². The van der Waals surface area contributed by atoms with Crippen LogP contribution in [-0.4, -0.2) is 20.9 Å². The third-order valence-corrected chi connectivity index (χ3v) is 5.78. The Labute approximate surface area is 205 Å². The van der Waals surface area contributed by atoms with Crippen LogP contribution in [0.3, 0.4) is 0 Å². The minimum absolute atomic E-state index is 0.113. The number of fused-ring (bicyclic) bond motifs is 3. The summed E-state index contributed by atoms with van der Waals surface area (Å²) in [5.74, 6) is 0.0195. The van der Waals surface area contributed by atoms with Gasteiger partial charge in [-0.25, -0.2) is 9.97 Å². The molecule has 0 bridgehead atoms. The molecule has 0 fully saturated rings. The molecule has 0 saturated carbocycles. The summed E-state index contributed by atoms with van der Waals surface area (Å²) in [7, 11) is 0. The van der Waals surface area contributed by atoms with Gasteiger partial charge < -0.3 is 20.0 Å². The first-order chi connectivity index (χ1) is 16.6. The standard InChI is InChI=1S/C23H14Cl2F3N5O2/c1-10-29-19-18-16(31-22(33-18)32-17-14(24)3-2-4-15(17)25)9-13(20(19)35-10)21(34)30-12-7-5-11(6-8-12)23(26,27)28/h2-9H,1H3,(H,30,34)(H2,31,32,33). The number of alkyl halides is 3. The van der Waals surface area contributed by atoms with Crippen molar-refractivity contribution in [2.24, 2.45) is 0 Å². The number of benzene rings is 3. The second kappa shape index (κ2) is 8.47. The van der Waals surface area contributed by atoms with Gasteiger partial charge in [-0.05, 0) is 42.5 Å². The van der Waals surface area contributed by atoms with Gasteiger partial charge in [0.1, 0.15) is 5.52 Å². The maximum atomic E-state index is 13.0. The lowest BCUT2D eigenvalue weighted by Gasteiger charge is -2.09. The number of rotatable bonds is 4. The van der Waals surface area contributed by atoms with Gasteiger partial charge in [-0.1, -0.05) is 29.3 Å². The number of anilines is 3. The Morgan fingerprint density at radius 2 is 1.74 bits per heavy atom. The van der Waals surface area contributed by atoms with Crippen molar-refractivity contribution in [2.75, 3.05) is 10.6 Å². The average Bonchev–Trinajstić information content (AvgIpc) is 3.38. The van der Waals surface area contributed by atoms with Crippen LogP contribution in [0.4, 0.5) is 30.5 Å². The Bertz CT molecular complexity index is 1570. The highest BCUT2D eigenvalue weighted by Crippen LogP contribution is 2.34. The number of para-hydroxylation sites is 1. The molecular formula is C23H14Cl2F3N5O2. The number of halogens is 5. The van der Waals surface area contributed by atoms with Crippen molar-refractivity contribution in [3.63, 3.8) is 0 Å². The second-order valence-corrected chi connectivity index (χ2v) is 8.38. The Kier molecular flexibility index (Phi) is 5.57. The first-order valence-corrected chi connectivity index (χ1v) is 10.9. The number of imidazole rings is 1. The number of nitrogens with one attached hydrogen (secondary N) is 3. The Balaban J connectivity index is 1.52. The molecule has 0 aliphatic rings. The molecule has 1 amide bonds. The van der Waals surface area contributed by atoms with E-state index >= 15 is 0 Å². The Hall–Kier alpha value is -3.76. The molecule has 2 aromatic heterocycles. The lowest BCUT2D eigenvalue weighted by molar-refractivity contribution is -0.137. The van der Waals surface area contributed by atoms with E-state index in [-0.39, 0.29) is 16.8 Å².